The van der Waals surface area contributed by atoms with Crippen LogP contribution in [0.1, 0.15) is 29.2 Å². The van der Waals surface area contributed by atoms with Gasteiger partial charge in [-0.05, 0) is 43.4 Å². The van der Waals surface area contributed by atoms with Gasteiger partial charge in [0.15, 0.2) is 0 Å². The summed E-state index contributed by atoms with van der Waals surface area (Å²) in [4.78, 5) is 24.7. The number of anilines is 1. The van der Waals surface area contributed by atoms with Gasteiger partial charge in [0.05, 0.1) is 0 Å². The molecule has 2 aliphatic rings. The van der Waals surface area contributed by atoms with Crippen LogP contribution in [0.15, 0.2) is 37.2 Å². The molecule has 1 aromatic heterocycles. The Morgan fingerprint density at radius 2 is 2.04 bits per heavy atom. The molecule has 1 aromatic carbocycles. The van der Waals surface area contributed by atoms with E-state index in [9.17, 15) is 14.3 Å². The van der Waals surface area contributed by atoms with Gasteiger partial charge in [0.25, 0.3) is 0 Å². The van der Waals surface area contributed by atoms with E-state index in [0.717, 1.165) is 29.9 Å². The van der Waals surface area contributed by atoms with Crippen molar-refractivity contribution in [1.29, 1.82) is 0 Å². The van der Waals surface area contributed by atoms with E-state index in [0.29, 0.717) is 38.2 Å². The molecule has 1 atom stereocenters. The number of carbonyl (C=O) groups is 1. The highest BCUT2D eigenvalue weighted by atomic mass is 19.1. The van der Waals surface area contributed by atoms with Gasteiger partial charge in [0.1, 0.15) is 23.7 Å². The molecule has 6 nitrogen and oxygen atoms in total. The molecular weight excluding hydrogens is 359 g/mol. The normalized spacial score (nSPS) is 19.2. The molecule has 2 aromatic rings. The van der Waals surface area contributed by atoms with Gasteiger partial charge in [-0.2, -0.15) is 0 Å². The largest absolute Gasteiger partial charge is 0.508 e. The Kier molecular flexibility index (Phi) is 4.98. The van der Waals surface area contributed by atoms with Crippen LogP contribution in [0.4, 0.5) is 10.2 Å². The number of rotatable bonds is 3. The molecule has 0 spiro atoms. The highest BCUT2D eigenvalue weighted by molar-refractivity contribution is 5.87. The molecule has 7 heteroatoms. The Morgan fingerprint density at radius 1 is 1.25 bits per heavy atom. The van der Waals surface area contributed by atoms with Crippen molar-refractivity contribution in [2.24, 2.45) is 0 Å². The number of piperazine rings is 1. The number of aromatic nitrogens is 2. The maximum atomic E-state index is 14.3. The second-order valence-corrected chi connectivity index (χ2v) is 7.25. The average molecular weight is 382 g/mol. The summed E-state index contributed by atoms with van der Waals surface area (Å²) in [5.74, 6) is 0.402. The summed E-state index contributed by atoms with van der Waals surface area (Å²) >= 11 is 0. The number of fused-ring (bicyclic) bond motifs is 1. The minimum absolute atomic E-state index is 0.00531. The number of phenolic OH excluding ortho intramolecular Hbond substituents is 1. The molecule has 1 aliphatic carbocycles. The molecule has 1 amide bonds. The summed E-state index contributed by atoms with van der Waals surface area (Å²) in [5.41, 5.74) is 2.39. The minimum Gasteiger partial charge on any atom is -0.508 e. The van der Waals surface area contributed by atoms with E-state index in [1.807, 2.05) is 0 Å². The van der Waals surface area contributed by atoms with Gasteiger partial charge in [-0.1, -0.05) is 12.6 Å². The lowest BCUT2D eigenvalue weighted by atomic mass is 9.82. The van der Waals surface area contributed by atoms with Crippen LogP contribution in [0, 0.1) is 5.82 Å². The lowest BCUT2D eigenvalue weighted by molar-refractivity contribution is -0.126. The number of benzene rings is 1. The Hall–Kier alpha value is -2.96. The van der Waals surface area contributed by atoms with Gasteiger partial charge in [-0.25, -0.2) is 14.4 Å². The summed E-state index contributed by atoms with van der Waals surface area (Å²) in [7, 11) is 0. The molecule has 28 heavy (non-hydrogen) atoms. The topological polar surface area (TPSA) is 69.6 Å². The molecule has 1 unspecified atom stereocenters. The van der Waals surface area contributed by atoms with Crippen molar-refractivity contribution in [2.45, 2.75) is 25.2 Å². The van der Waals surface area contributed by atoms with Crippen molar-refractivity contribution in [1.82, 2.24) is 14.9 Å². The van der Waals surface area contributed by atoms with Crippen molar-refractivity contribution in [3.8, 4) is 5.75 Å². The Morgan fingerprint density at radius 3 is 2.75 bits per heavy atom. The molecule has 1 fully saturated rings. The number of halogens is 1. The lowest BCUT2D eigenvalue weighted by Crippen LogP contribution is -2.49. The van der Waals surface area contributed by atoms with Crippen LogP contribution in [0.25, 0.3) is 0 Å². The Balaban J connectivity index is 1.54. The third-order valence-corrected chi connectivity index (χ3v) is 5.70. The number of aromatic hydroxyl groups is 1. The number of carbonyl (C=O) groups excluding carboxylic acids is 1. The molecule has 146 valence electrons. The second kappa shape index (κ2) is 7.58. The van der Waals surface area contributed by atoms with Gasteiger partial charge in [-0.15, -0.1) is 0 Å². The zero-order valence-electron chi connectivity index (χ0n) is 15.6. The van der Waals surface area contributed by atoms with E-state index in [4.69, 9.17) is 0 Å². The first-order valence-electron chi connectivity index (χ1n) is 9.55. The van der Waals surface area contributed by atoms with Crippen LogP contribution in [0.2, 0.25) is 0 Å². The van der Waals surface area contributed by atoms with E-state index >= 15 is 0 Å². The maximum Gasteiger partial charge on any atom is 0.246 e. The van der Waals surface area contributed by atoms with E-state index in [1.54, 1.807) is 11.2 Å². The smallest absolute Gasteiger partial charge is 0.246 e. The van der Waals surface area contributed by atoms with Gasteiger partial charge in [0, 0.05) is 43.0 Å². The first-order valence-corrected chi connectivity index (χ1v) is 9.55. The van der Waals surface area contributed by atoms with E-state index in [2.05, 4.69) is 21.4 Å². The monoisotopic (exact) mass is 382 g/mol. The molecule has 1 N–H and O–H groups in total. The fraction of sp³-hybridized carbons (Fsp3) is 0.381. The highest BCUT2D eigenvalue weighted by Gasteiger charge is 2.30. The first kappa shape index (κ1) is 18.4. The molecule has 2 heterocycles. The van der Waals surface area contributed by atoms with Crippen LogP contribution in [-0.2, 0) is 17.6 Å². The van der Waals surface area contributed by atoms with Gasteiger partial charge >= 0.3 is 0 Å². The zero-order chi connectivity index (χ0) is 19.7. The predicted octanol–water partition coefficient (Wildman–Crippen LogP) is 2.43. The van der Waals surface area contributed by atoms with Crippen molar-refractivity contribution < 1.29 is 14.3 Å². The maximum absolute atomic E-state index is 14.3. The summed E-state index contributed by atoms with van der Waals surface area (Å²) in [5, 5.41) is 10.1. The predicted molar refractivity (Wildman–Crippen MR) is 104 cm³/mol. The molecular formula is C21H23FN4O2. The quantitative estimate of drug-likeness (QED) is 0.826. The van der Waals surface area contributed by atoms with Gasteiger partial charge < -0.3 is 14.9 Å². The van der Waals surface area contributed by atoms with Crippen molar-refractivity contribution in [2.75, 3.05) is 31.1 Å². The number of amides is 1. The summed E-state index contributed by atoms with van der Waals surface area (Å²) < 4.78 is 14.3. The highest BCUT2D eigenvalue weighted by Crippen LogP contribution is 2.39. The summed E-state index contributed by atoms with van der Waals surface area (Å²) in [6.07, 6.45) is 4.94. The fourth-order valence-electron chi connectivity index (χ4n) is 4.24. The van der Waals surface area contributed by atoms with Crippen LogP contribution >= 0.6 is 0 Å². The number of nitrogens with zero attached hydrogens (tertiary/aromatic N) is 4. The lowest BCUT2D eigenvalue weighted by Gasteiger charge is -2.37. The van der Waals surface area contributed by atoms with Crippen LogP contribution < -0.4 is 4.90 Å². The Bertz CT molecular complexity index is 889. The SMILES string of the molecule is C=CC(=O)N1CCN(c2ncnc3c2CCC(c2c(O)cccc2F)C3)CC1. The molecule has 0 radical (unpaired) electrons. The zero-order valence-corrected chi connectivity index (χ0v) is 15.6. The van der Waals surface area contributed by atoms with Gasteiger partial charge in [0.2, 0.25) is 5.91 Å². The van der Waals surface area contributed by atoms with Crippen molar-refractivity contribution in [3.63, 3.8) is 0 Å². The van der Waals surface area contributed by atoms with Crippen molar-refractivity contribution in [3.05, 3.63) is 59.8 Å². The van der Waals surface area contributed by atoms with Crippen LogP contribution in [0.3, 0.4) is 0 Å². The van der Waals surface area contributed by atoms with E-state index in [1.165, 1.54) is 24.3 Å². The Labute approximate surface area is 163 Å². The molecule has 0 saturated carbocycles. The first-order chi connectivity index (χ1) is 13.6. The average Bonchev–Trinajstić information content (AvgIpc) is 2.72. The second-order valence-electron chi connectivity index (χ2n) is 7.25. The van der Waals surface area contributed by atoms with Crippen LogP contribution in [-0.4, -0.2) is 52.1 Å². The van der Waals surface area contributed by atoms with Crippen LogP contribution in [0.5, 0.6) is 5.75 Å². The number of phenols is 1. The molecule has 4 rings (SSSR count). The standard InChI is InChI=1S/C21H23FN4O2/c1-2-19(28)25-8-10-26(11-9-25)21-15-7-6-14(12-17(15)23-13-24-21)20-16(22)4-3-5-18(20)27/h2-5,13-14,27H,1,6-12H2. The molecule has 0 bridgehead atoms. The summed E-state index contributed by atoms with van der Waals surface area (Å²) in [6, 6.07) is 4.44. The molecule has 1 saturated heterocycles. The van der Waals surface area contributed by atoms with Gasteiger partial charge in [-0.3, -0.25) is 4.79 Å². The number of hydrogen-bond acceptors (Lipinski definition) is 5. The third-order valence-electron chi connectivity index (χ3n) is 5.70. The molecule has 1 aliphatic heterocycles. The number of hydrogen-bond donors (Lipinski definition) is 1. The minimum atomic E-state index is -0.370. The van der Waals surface area contributed by atoms with E-state index < -0.39 is 0 Å². The fourth-order valence-corrected chi connectivity index (χ4v) is 4.24. The third kappa shape index (κ3) is 3.32. The van der Waals surface area contributed by atoms with E-state index in [-0.39, 0.29) is 23.4 Å². The van der Waals surface area contributed by atoms with Crippen molar-refractivity contribution >= 4 is 11.7 Å². The summed E-state index contributed by atoms with van der Waals surface area (Å²) in [6.45, 7) is 6.23.